The quantitative estimate of drug-likeness (QED) is 0.492. The van der Waals surface area contributed by atoms with Gasteiger partial charge in [0.1, 0.15) is 11.5 Å². The number of carboxylic acids is 1. The summed E-state index contributed by atoms with van der Waals surface area (Å²) in [6.45, 7) is 5.36. The van der Waals surface area contributed by atoms with Crippen molar-refractivity contribution >= 4 is 29.3 Å². The van der Waals surface area contributed by atoms with Crippen LogP contribution in [0.4, 0.5) is 0 Å². The highest BCUT2D eigenvalue weighted by Crippen LogP contribution is 2.30. The lowest BCUT2D eigenvalue weighted by Gasteiger charge is -2.23. The molecule has 2 rings (SSSR count). The molecular formula is C22H24ClNO4S. The van der Waals surface area contributed by atoms with Crippen LogP contribution in [0.25, 0.3) is 0 Å². The van der Waals surface area contributed by atoms with E-state index < -0.39 is 11.6 Å². The van der Waals surface area contributed by atoms with Crippen molar-refractivity contribution in [3.63, 3.8) is 0 Å². The Morgan fingerprint density at radius 2 is 1.97 bits per heavy atom. The first kappa shape index (κ1) is 22.9. The summed E-state index contributed by atoms with van der Waals surface area (Å²) in [7, 11) is 0. The van der Waals surface area contributed by atoms with E-state index in [9.17, 15) is 9.90 Å². The van der Waals surface area contributed by atoms with Crippen LogP contribution >= 0.6 is 23.4 Å². The number of ether oxygens (including phenoxy) is 2. The van der Waals surface area contributed by atoms with Crippen LogP contribution < -0.4 is 9.47 Å². The van der Waals surface area contributed by atoms with Gasteiger partial charge in [-0.3, -0.25) is 0 Å². The largest absolute Gasteiger partial charge is 0.493 e. The molecule has 5 nitrogen and oxygen atoms in total. The smallest absolute Gasteiger partial charge is 0.347 e. The molecule has 0 saturated heterocycles. The monoisotopic (exact) mass is 433 g/mol. The summed E-state index contributed by atoms with van der Waals surface area (Å²) >= 11 is 7.51. The molecule has 0 amide bonds. The van der Waals surface area contributed by atoms with Gasteiger partial charge in [0.15, 0.2) is 5.60 Å². The van der Waals surface area contributed by atoms with E-state index in [0.717, 1.165) is 22.0 Å². The average molecular weight is 434 g/mol. The minimum absolute atomic E-state index is 0.0721. The SMILES string of the molecule is Cc1cc(SCC(CC#N)COc2ccc(Cl)cc2)ccc1OC(C)(C)C(=O)O. The van der Waals surface area contributed by atoms with Crippen molar-refractivity contribution in [1.82, 2.24) is 0 Å². The Bertz CT molecular complexity index is 877. The molecule has 0 aliphatic rings. The van der Waals surface area contributed by atoms with Crippen molar-refractivity contribution in [2.75, 3.05) is 12.4 Å². The van der Waals surface area contributed by atoms with Crippen LogP contribution in [0.2, 0.25) is 5.02 Å². The minimum Gasteiger partial charge on any atom is -0.493 e. The lowest BCUT2D eigenvalue weighted by molar-refractivity contribution is -0.152. The number of nitrogens with zero attached hydrogens (tertiary/aromatic N) is 1. The number of benzene rings is 2. The second-order valence-corrected chi connectivity index (χ2v) is 8.68. The molecule has 0 spiro atoms. The summed E-state index contributed by atoms with van der Waals surface area (Å²) in [5.41, 5.74) is -0.436. The zero-order valence-electron chi connectivity index (χ0n) is 16.6. The number of aliphatic carboxylic acids is 1. The molecule has 2 aromatic rings. The summed E-state index contributed by atoms with van der Waals surface area (Å²) in [5.74, 6) is 1.04. The van der Waals surface area contributed by atoms with Gasteiger partial charge in [-0.05, 0) is 68.8 Å². The van der Waals surface area contributed by atoms with Crippen LogP contribution in [0.5, 0.6) is 11.5 Å². The van der Waals surface area contributed by atoms with Crippen LogP contribution in [0.3, 0.4) is 0 Å². The maximum atomic E-state index is 11.2. The van der Waals surface area contributed by atoms with Crippen molar-refractivity contribution in [1.29, 1.82) is 5.26 Å². The lowest BCUT2D eigenvalue weighted by atomic mass is 10.1. The second kappa shape index (κ2) is 10.4. The van der Waals surface area contributed by atoms with E-state index in [4.69, 9.17) is 26.3 Å². The van der Waals surface area contributed by atoms with Crippen molar-refractivity contribution in [3.05, 3.63) is 53.1 Å². The molecular weight excluding hydrogens is 410 g/mol. The number of carboxylic acid groups (broad SMARTS) is 1. The molecule has 1 unspecified atom stereocenters. The highest BCUT2D eigenvalue weighted by Gasteiger charge is 2.29. The zero-order valence-corrected chi connectivity index (χ0v) is 18.2. The topological polar surface area (TPSA) is 79.5 Å². The van der Waals surface area contributed by atoms with E-state index in [1.165, 1.54) is 13.8 Å². The fourth-order valence-corrected chi connectivity index (χ4v) is 3.59. The highest BCUT2D eigenvalue weighted by molar-refractivity contribution is 7.99. The van der Waals surface area contributed by atoms with E-state index in [1.807, 2.05) is 19.1 Å². The molecule has 1 N–H and O–H groups in total. The van der Waals surface area contributed by atoms with Gasteiger partial charge in [-0.1, -0.05) is 11.6 Å². The van der Waals surface area contributed by atoms with Crippen molar-refractivity contribution < 1.29 is 19.4 Å². The predicted molar refractivity (Wildman–Crippen MR) is 115 cm³/mol. The van der Waals surface area contributed by atoms with E-state index in [0.29, 0.717) is 23.8 Å². The zero-order chi connectivity index (χ0) is 21.4. The highest BCUT2D eigenvalue weighted by atomic mass is 35.5. The first-order chi connectivity index (χ1) is 13.7. The Morgan fingerprint density at radius 1 is 1.28 bits per heavy atom. The minimum atomic E-state index is -1.30. The fourth-order valence-electron chi connectivity index (χ4n) is 2.40. The number of aryl methyl sites for hydroxylation is 1. The molecule has 7 heteroatoms. The van der Waals surface area contributed by atoms with Gasteiger partial charge in [0.05, 0.1) is 12.7 Å². The number of nitriles is 1. The van der Waals surface area contributed by atoms with Crippen LogP contribution in [0.1, 0.15) is 25.8 Å². The maximum Gasteiger partial charge on any atom is 0.347 e. The number of halogens is 1. The fraction of sp³-hybridized carbons (Fsp3) is 0.364. The number of hydrogen-bond donors (Lipinski definition) is 1. The Morgan fingerprint density at radius 3 is 2.55 bits per heavy atom. The molecule has 0 aromatic heterocycles. The van der Waals surface area contributed by atoms with Gasteiger partial charge in [0.2, 0.25) is 0 Å². The van der Waals surface area contributed by atoms with Gasteiger partial charge < -0.3 is 14.6 Å². The Labute approximate surface area is 180 Å². The summed E-state index contributed by atoms with van der Waals surface area (Å²) in [6.07, 6.45) is 0.396. The third kappa shape index (κ3) is 7.19. The van der Waals surface area contributed by atoms with Gasteiger partial charge in [0, 0.05) is 28.0 Å². The standard InChI is InChI=1S/C22H24ClNO4S/c1-15-12-19(8-9-20(15)28-22(2,3)21(25)26)29-14-16(10-11-24)13-27-18-6-4-17(23)5-7-18/h4-9,12,16H,10,13-14H2,1-3H3,(H,25,26). The number of hydrogen-bond acceptors (Lipinski definition) is 5. The normalized spacial score (nSPS) is 12.1. The van der Waals surface area contributed by atoms with E-state index in [1.54, 1.807) is 42.1 Å². The van der Waals surface area contributed by atoms with Gasteiger partial charge in [-0.15, -0.1) is 11.8 Å². The summed E-state index contributed by atoms with van der Waals surface area (Å²) in [5, 5.41) is 19.0. The Kier molecular flexibility index (Phi) is 8.24. The Balaban J connectivity index is 1.95. The van der Waals surface area contributed by atoms with Crippen molar-refractivity contribution in [2.45, 2.75) is 37.7 Å². The average Bonchev–Trinajstić information content (AvgIpc) is 2.67. The maximum absolute atomic E-state index is 11.2. The third-order valence-corrected chi connectivity index (χ3v) is 5.67. The van der Waals surface area contributed by atoms with Gasteiger partial charge >= 0.3 is 5.97 Å². The molecule has 0 aliphatic heterocycles. The van der Waals surface area contributed by atoms with Crippen LogP contribution in [0, 0.1) is 24.2 Å². The summed E-state index contributed by atoms with van der Waals surface area (Å²) in [4.78, 5) is 12.3. The van der Waals surface area contributed by atoms with Gasteiger partial charge in [-0.25, -0.2) is 4.79 Å². The van der Waals surface area contributed by atoms with Crippen LogP contribution in [0.15, 0.2) is 47.4 Å². The predicted octanol–water partition coefficient (Wildman–Crippen LogP) is 5.59. The van der Waals surface area contributed by atoms with Gasteiger partial charge in [0.25, 0.3) is 0 Å². The molecule has 1 atom stereocenters. The summed E-state index contributed by atoms with van der Waals surface area (Å²) < 4.78 is 11.4. The molecule has 0 aliphatic carbocycles. The second-order valence-electron chi connectivity index (χ2n) is 7.15. The molecule has 0 saturated carbocycles. The molecule has 0 fully saturated rings. The van der Waals surface area contributed by atoms with Crippen molar-refractivity contribution in [3.8, 4) is 17.6 Å². The molecule has 2 aromatic carbocycles. The lowest BCUT2D eigenvalue weighted by Crippen LogP contribution is -2.38. The summed E-state index contributed by atoms with van der Waals surface area (Å²) in [6, 6.07) is 15.0. The molecule has 29 heavy (non-hydrogen) atoms. The van der Waals surface area contributed by atoms with Crippen molar-refractivity contribution in [2.24, 2.45) is 5.92 Å². The van der Waals surface area contributed by atoms with Gasteiger partial charge in [-0.2, -0.15) is 5.26 Å². The molecule has 154 valence electrons. The third-order valence-electron chi connectivity index (χ3n) is 4.19. The van der Waals surface area contributed by atoms with E-state index in [-0.39, 0.29) is 5.92 Å². The van der Waals surface area contributed by atoms with Crippen LogP contribution in [-0.4, -0.2) is 29.0 Å². The molecule has 0 bridgehead atoms. The number of rotatable bonds is 10. The van der Waals surface area contributed by atoms with Crippen LogP contribution in [-0.2, 0) is 4.79 Å². The first-order valence-electron chi connectivity index (χ1n) is 9.12. The number of thioether (sulfide) groups is 1. The van der Waals surface area contributed by atoms with E-state index in [2.05, 4.69) is 6.07 Å². The Hall–Kier alpha value is -2.36. The number of carbonyl (C=O) groups is 1. The van der Waals surface area contributed by atoms with E-state index >= 15 is 0 Å². The molecule has 0 radical (unpaired) electrons. The molecule has 0 heterocycles. The first-order valence-corrected chi connectivity index (χ1v) is 10.5.